The molecule has 0 bridgehead atoms. The van der Waals surface area contributed by atoms with E-state index >= 15 is 0 Å². The molecular formula is C8H12N2O2. The van der Waals surface area contributed by atoms with Gasteiger partial charge in [0.25, 0.3) is 0 Å². The van der Waals surface area contributed by atoms with Gasteiger partial charge in [-0.1, -0.05) is 0 Å². The van der Waals surface area contributed by atoms with Gasteiger partial charge in [-0.05, 0) is 19.1 Å². The molecule has 66 valence electrons. The van der Waals surface area contributed by atoms with Crippen LogP contribution in [0.15, 0.2) is 16.5 Å². The van der Waals surface area contributed by atoms with Crippen molar-refractivity contribution in [2.75, 3.05) is 0 Å². The molecule has 0 aliphatic carbocycles. The molecule has 1 aromatic heterocycles. The zero-order valence-corrected chi connectivity index (χ0v) is 6.91. The Morgan fingerprint density at radius 1 is 1.67 bits per heavy atom. The maximum absolute atomic E-state index is 10.5. The molecule has 0 aliphatic heterocycles. The fourth-order valence-corrected chi connectivity index (χ4v) is 0.970. The van der Waals surface area contributed by atoms with Crippen molar-refractivity contribution in [3.8, 4) is 0 Å². The van der Waals surface area contributed by atoms with Gasteiger partial charge in [0.05, 0.1) is 6.04 Å². The number of hydrogen-bond acceptors (Lipinski definition) is 3. The summed E-state index contributed by atoms with van der Waals surface area (Å²) in [7, 11) is 0. The Kier molecular flexibility index (Phi) is 2.50. The molecule has 0 radical (unpaired) electrons. The summed E-state index contributed by atoms with van der Waals surface area (Å²) in [4.78, 5) is 10.5. The highest BCUT2D eigenvalue weighted by Crippen LogP contribution is 2.16. The Labute approximate surface area is 70.5 Å². The minimum absolute atomic E-state index is 0.118. The van der Waals surface area contributed by atoms with E-state index < -0.39 is 11.9 Å². The largest absolute Gasteiger partial charge is 0.465 e. The van der Waals surface area contributed by atoms with E-state index in [2.05, 4.69) is 0 Å². The minimum atomic E-state index is -0.420. The van der Waals surface area contributed by atoms with Crippen molar-refractivity contribution in [3.63, 3.8) is 0 Å². The molecule has 0 spiro atoms. The number of carbonyl (C=O) groups excluding carboxylic acids is 1. The van der Waals surface area contributed by atoms with Crippen LogP contribution in [-0.2, 0) is 4.79 Å². The molecule has 1 atom stereocenters. The van der Waals surface area contributed by atoms with Crippen molar-refractivity contribution in [2.24, 2.45) is 11.5 Å². The van der Waals surface area contributed by atoms with E-state index in [-0.39, 0.29) is 6.42 Å². The molecule has 1 heterocycles. The topological polar surface area (TPSA) is 82.2 Å². The number of hydrogen-bond donors (Lipinski definition) is 2. The van der Waals surface area contributed by atoms with Crippen molar-refractivity contribution in [3.05, 3.63) is 23.7 Å². The van der Waals surface area contributed by atoms with Gasteiger partial charge in [-0.15, -0.1) is 0 Å². The number of furan rings is 1. The quantitative estimate of drug-likeness (QED) is 0.688. The van der Waals surface area contributed by atoms with E-state index in [1.165, 1.54) is 0 Å². The SMILES string of the molecule is Cc1ccc(C(N)CC(N)=O)o1. The summed E-state index contributed by atoms with van der Waals surface area (Å²) in [5.41, 5.74) is 10.6. The zero-order chi connectivity index (χ0) is 9.14. The molecule has 4 nitrogen and oxygen atoms in total. The van der Waals surface area contributed by atoms with Crippen molar-refractivity contribution >= 4 is 5.91 Å². The average Bonchev–Trinajstić information content (AvgIpc) is 2.34. The highest BCUT2D eigenvalue weighted by molar-refractivity contribution is 5.74. The van der Waals surface area contributed by atoms with Crippen LogP contribution in [-0.4, -0.2) is 5.91 Å². The van der Waals surface area contributed by atoms with Gasteiger partial charge >= 0.3 is 0 Å². The molecule has 1 amide bonds. The van der Waals surface area contributed by atoms with Crippen LogP contribution in [0.25, 0.3) is 0 Å². The van der Waals surface area contributed by atoms with Crippen LogP contribution in [0.1, 0.15) is 24.0 Å². The Hall–Kier alpha value is -1.29. The lowest BCUT2D eigenvalue weighted by Crippen LogP contribution is -2.20. The van der Waals surface area contributed by atoms with Crippen LogP contribution in [0.5, 0.6) is 0 Å². The molecule has 4 heteroatoms. The van der Waals surface area contributed by atoms with Crippen LogP contribution in [0.3, 0.4) is 0 Å². The van der Waals surface area contributed by atoms with E-state index in [0.29, 0.717) is 5.76 Å². The normalized spacial score (nSPS) is 12.8. The number of amides is 1. The van der Waals surface area contributed by atoms with Crippen LogP contribution in [0, 0.1) is 6.92 Å². The number of nitrogens with two attached hydrogens (primary N) is 2. The van der Waals surface area contributed by atoms with E-state index in [9.17, 15) is 4.79 Å². The second-order valence-electron chi connectivity index (χ2n) is 2.73. The van der Waals surface area contributed by atoms with E-state index in [1.807, 2.05) is 6.92 Å². The highest BCUT2D eigenvalue weighted by Gasteiger charge is 2.12. The summed E-state index contributed by atoms with van der Waals surface area (Å²) >= 11 is 0. The Morgan fingerprint density at radius 3 is 2.75 bits per heavy atom. The van der Waals surface area contributed by atoms with E-state index in [1.54, 1.807) is 12.1 Å². The fourth-order valence-electron chi connectivity index (χ4n) is 0.970. The van der Waals surface area contributed by atoms with Crippen LogP contribution in [0.4, 0.5) is 0 Å². The molecule has 1 unspecified atom stereocenters. The van der Waals surface area contributed by atoms with Crippen molar-refractivity contribution in [2.45, 2.75) is 19.4 Å². The third kappa shape index (κ3) is 2.10. The standard InChI is InChI=1S/C8H12N2O2/c1-5-2-3-7(12-5)6(9)4-8(10)11/h2-3,6H,4,9H2,1H3,(H2,10,11). The summed E-state index contributed by atoms with van der Waals surface area (Å²) in [6.45, 7) is 1.82. The van der Waals surface area contributed by atoms with Gasteiger partial charge in [-0.25, -0.2) is 0 Å². The van der Waals surface area contributed by atoms with E-state index in [0.717, 1.165) is 5.76 Å². The molecular weight excluding hydrogens is 156 g/mol. The summed E-state index contributed by atoms with van der Waals surface area (Å²) in [5.74, 6) is 0.966. The van der Waals surface area contributed by atoms with Crippen LogP contribution < -0.4 is 11.5 Å². The lowest BCUT2D eigenvalue weighted by molar-refractivity contribution is -0.118. The minimum Gasteiger partial charge on any atom is -0.465 e. The monoisotopic (exact) mass is 168 g/mol. The summed E-state index contributed by atoms with van der Waals surface area (Å²) in [5, 5.41) is 0. The summed E-state index contributed by atoms with van der Waals surface area (Å²) in [6.07, 6.45) is 0.118. The second kappa shape index (κ2) is 3.40. The van der Waals surface area contributed by atoms with Crippen molar-refractivity contribution in [1.29, 1.82) is 0 Å². The summed E-state index contributed by atoms with van der Waals surface area (Å²) in [6, 6.07) is 3.13. The van der Waals surface area contributed by atoms with Crippen molar-refractivity contribution < 1.29 is 9.21 Å². The predicted octanol–water partition coefficient (Wildman–Crippen LogP) is 0.463. The molecule has 0 fully saturated rings. The Morgan fingerprint density at radius 2 is 2.33 bits per heavy atom. The molecule has 1 rings (SSSR count). The van der Waals surface area contributed by atoms with Crippen LogP contribution >= 0.6 is 0 Å². The Bertz CT molecular complexity index is 280. The molecule has 12 heavy (non-hydrogen) atoms. The number of rotatable bonds is 3. The van der Waals surface area contributed by atoms with Crippen molar-refractivity contribution in [1.82, 2.24) is 0 Å². The Balaban J connectivity index is 2.64. The van der Waals surface area contributed by atoms with Gasteiger partial charge < -0.3 is 15.9 Å². The maximum atomic E-state index is 10.5. The van der Waals surface area contributed by atoms with Gasteiger partial charge in [0.1, 0.15) is 11.5 Å². The fraction of sp³-hybridized carbons (Fsp3) is 0.375. The maximum Gasteiger partial charge on any atom is 0.219 e. The second-order valence-corrected chi connectivity index (χ2v) is 2.73. The first kappa shape index (κ1) is 8.80. The molecule has 1 aromatic rings. The number of primary amides is 1. The third-order valence-corrected chi connectivity index (χ3v) is 1.55. The number of carbonyl (C=O) groups is 1. The van der Waals surface area contributed by atoms with Gasteiger partial charge in [0.2, 0.25) is 5.91 Å². The lowest BCUT2D eigenvalue weighted by Gasteiger charge is -2.04. The average molecular weight is 168 g/mol. The predicted molar refractivity (Wildman–Crippen MR) is 44.2 cm³/mol. The first-order valence-corrected chi connectivity index (χ1v) is 3.70. The smallest absolute Gasteiger partial charge is 0.219 e. The molecule has 4 N–H and O–H groups in total. The third-order valence-electron chi connectivity index (χ3n) is 1.55. The first-order valence-electron chi connectivity index (χ1n) is 3.70. The van der Waals surface area contributed by atoms with E-state index in [4.69, 9.17) is 15.9 Å². The zero-order valence-electron chi connectivity index (χ0n) is 6.91. The van der Waals surface area contributed by atoms with Gasteiger partial charge in [-0.2, -0.15) is 0 Å². The van der Waals surface area contributed by atoms with Gasteiger partial charge in [-0.3, -0.25) is 4.79 Å². The lowest BCUT2D eigenvalue weighted by atomic mass is 10.2. The molecule has 0 aliphatic rings. The van der Waals surface area contributed by atoms with Crippen LogP contribution in [0.2, 0.25) is 0 Å². The van der Waals surface area contributed by atoms with Gasteiger partial charge in [0.15, 0.2) is 0 Å². The highest BCUT2D eigenvalue weighted by atomic mass is 16.3. The van der Waals surface area contributed by atoms with Gasteiger partial charge in [0, 0.05) is 6.42 Å². The molecule has 0 aromatic carbocycles. The molecule has 0 saturated carbocycles. The first-order chi connectivity index (χ1) is 5.59. The summed E-state index contributed by atoms with van der Waals surface area (Å²) < 4.78 is 5.21. The number of aryl methyl sites for hydroxylation is 1. The molecule has 0 saturated heterocycles.